The van der Waals surface area contributed by atoms with Crippen molar-refractivity contribution in [2.45, 2.75) is 57.1 Å². The van der Waals surface area contributed by atoms with Crippen molar-refractivity contribution in [3.05, 3.63) is 132 Å². The normalized spacial score (nSPS) is 12.3. The van der Waals surface area contributed by atoms with Gasteiger partial charge in [0.2, 0.25) is 11.8 Å². The fraction of sp³-hybridized carbons (Fsp3) is 0.257. The molecule has 230 valence electrons. The minimum Gasteiger partial charge on any atom is -0.350 e. The number of sulfonamides is 1. The zero-order valence-electron chi connectivity index (χ0n) is 25.4. The largest absolute Gasteiger partial charge is 0.350 e. The summed E-state index contributed by atoms with van der Waals surface area (Å²) in [6, 6.07) is 28.8. The summed E-state index contributed by atoms with van der Waals surface area (Å²) in [5.41, 5.74) is 2.37. The third kappa shape index (κ3) is 8.54. The molecule has 7 nitrogen and oxygen atoms in total. The fourth-order valence-corrected chi connectivity index (χ4v) is 6.17. The highest BCUT2D eigenvalue weighted by molar-refractivity contribution is 7.92. The van der Waals surface area contributed by atoms with E-state index in [9.17, 15) is 22.4 Å². The van der Waals surface area contributed by atoms with Crippen LogP contribution >= 0.6 is 0 Å². The Bertz CT molecular complexity index is 1660. The van der Waals surface area contributed by atoms with Gasteiger partial charge in [-0.15, -0.1) is 0 Å². The van der Waals surface area contributed by atoms with Crippen LogP contribution in [0.3, 0.4) is 0 Å². The van der Waals surface area contributed by atoms with Crippen LogP contribution in [0.4, 0.5) is 10.1 Å². The lowest BCUT2D eigenvalue weighted by Crippen LogP contribution is -2.56. The first-order valence-corrected chi connectivity index (χ1v) is 15.8. The molecule has 4 aromatic rings. The third-order valence-electron chi connectivity index (χ3n) is 6.97. The molecule has 4 rings (SSSR count). The van der Waals surface area contributed by atoms with Gasteiger partial charge in [-0.2, -0.15) is 0 Å². The van der Waals surface area contributed by atoms with Crippen LogP contribution in [0.5, 0.6) is 0 Å². The highest BCUT2D eigenvalue weighted by atomic mass is 32.2. The maximum Gasteiger partial charge on any atom is 0.264 e. The number of amides is 2. The number of para-hydroxylation sites is 1. The topological polar surface area (TPSA) is 86.8 Å². The summed E-state index contributed by atoms with van der Waals surface area (Å²) in [6.45, 7) is 7.05. The Morgan fingerprint density at radius 3 is 1.93 bits per heavy atom. The van der Waals surface area contributed by atoms with Crippen molar-refractivity contribution in [3.8, 4) is 0 Å². The molecule has 0 aromatic heterocycles. The van der Waals surface area contributed by atoms with E-state index in [1.165, 1.54) is 17.0 Å². The third-order valence-corrected chi connectivity index (χ3v) is 8.76. The lowest BCUT2D eigenvalue weighted by Gasteiger charge is -2.35. The highest BCUT2D eigenvalue weighted by Gasteiger charge is 2.35. The van der Waals surface area contributed by atoms with Gasteiger partial charge in [0.15, 0.2) is 0 Å². The van der Waals surface area contributed by atoms with E-state index in [0.29, 0.717) is 0 Å². The van der Waals surface area contributed by atoms with Crippen LogP contribution < -0.4 is 9.62 Å². The maximum atomic E-state index is 14.4. The van der Waals surface area contributed by atoms with Crippen LogP contribution in [0, 0.1) is 12.7 Å². The molecule has 1 atom stereocenters. The van der Waals surface area contributed by atoms with Crippen molar-refractivity contribution < 1.29 is 22.4 Å². The van der Waals surface area contributed by atoms with Crippen molar-refractivity contribution in [1.82, 2.24) is 10.2 Å². The van der Waals surface area contributed by atoms with E-state index in [1.807, 2.05) is 82.3 Å². The van der Waals surface area contributed by atoms with Crippen molar-refractivity contribution in [2.75, 3.05) is 10.8 Å². The van der Waals surface area contributed by atoms with Crippen molar-refractivity contribution >= 4 is 27.5 Å². The summed E-state index contributed by atoms with van der Waals surface area (Å²) in [5, 5.41) is 3.02. The van der Waals surface area contributed by atoms with E-state index in [4.69, 9.17) is 0 Å². The predicted octanol–water partition coefficient (Wildman–Crippen LogP) is 5.88. The molecule has 0 aliphatic carbocycles. The zero-order valence-corrected chi connectivity index (χ0v) is 26.2. The van der Waals surface area contributed by atoms with Crippen molar-refractivity contribution in [1.29, 1.82) is 0 Å². The quantitative estimate of drug-likeness (QED) is 0.228. The zero-order chi connectivity index (χ0) is 31.9. The van der Waals surface area contributed by atoms with Crippen molar-refractivity contribution in [2.24, 2.45) is 0 Å². The summed E-state index contributed by atoms with van der Waals surface area (Å²) >= 11 is 0. The second-order valence-electron chi connectivity index (χ2n) is 11.8. The molecule has 0 fully saturated rings. The van der Waals surface area contributed by atoms with Crippen LogP contribution in [0.2, 0.25) is 0 Å². The number of rotatable bonds is 11. The number of hydrogen-bond acceptors (Lipinski definition) is 4. The smallest absolute Gasteiger partial charge is 0.264 e. The van der Waals surface area contributed by atoms with E-state index in [0.717, 1.165) is 33.1 Å². The van der Waals surface area contributed by atoms with Crippen LogP contribution in [-0.4, -0.2) is 43.3 Å². The monoisotopic (exact) mass is 615 g/mol. The predicted molar refractivity (Wildman–Crippen MR) is 171 cm³/mol. The number of carbonyl (C=O) groups is 2. The lowest BCUT2D eigenvalue weighted by molar-refractivity contribution is -0.140. The van der Waals surface area contributed by atoms with Gasteiger partial charge >= 0.3 is 0 Å². The number of carbonyl (C=O) groups excluding carboxylic acids is 2. The first-order chi connectivity index (χ1) is 20.8. The molecule has 0 saturated carbocycles. The Hall–Kier alpha value is -4.50. The molecular weight excluding hydrogens is 577 g/mol. The van der Waals surface area contributed by atoms with Crippen LogP contribution in [0.25, 0.3) is 0 Å². The van der Waals surface area contributed by atoms with E-state index >= 15 is 0 Å². The average Bonchev–Trinajstić information content (AvgIpc) is 2.98. The first kappa shape index (κ1) is 32.4. The van der Waals surface area contributed by atoms with E-state index < -0.39 is 39.9 Å². The first-order valence-electron chi connectivity index (χ1n) is 14.4. The maximum absolute atomic E-state index is 14.4. The highest BCUT2D eigenvalue weighted by Crippen LogP contribution is 2.25. The molecule has 1 unspecified atom stereocenters. The minimum absolute atomic E-state index is 0.0768. The standard InChI is InChI=1S/C35H38FN3O4S/c1-26-15-17-28(18-16-26)24-38(32(34(41)37-35(2,3)4)23-27-11-7-5-8-12-27)33(40)25-39(30-13-9-6-10-14-30)44(42,43)31-21-19-29(36)20-22-31/h5-22,32H,23-25H2,1-4H3,(H,37,41). The summed E-state index contributed by atoms with van der Waals surface area (Å²) in [6.07, 6.45) is 0.219. The number of hydrogen-bond donors (Lipinski definition) is 1. The second-order valence-corrected chi connectivity index (χ2v) is 13.6. The van der Waals surface area contributed by atoms with Crippen molar-refractivity contribution in [3.63, 3.8) is 0 Å². The molecule has 2 amide bonds. The Kier molecular flexibility index (Phi) is 10.2. The van der Waals surface area contributed by atoms with E-state index in [2.05, 4.69) is 5.32 Å². The van der Waals surface area contributed by atoms with Crippen LogP contribution in [0.15, 0.2) is 114 Å². The molecule has 0 aliphatic rings. The molecule has 0 bridgehead atoms. The Morgan fingerprint density at radius 2 is 1.36 bits per heavy atom. The Labute approximate surface area is 259 Å². The van der Waals surface area contributed by atoms with Gasteiger partial charge in [0.05, 0.1) is 10.6 Å². The molecule has 0 radical (unpaired) electrons. The molecule has 1 N–H and O–H groups in total. The number of anilines is 1. The SMILES string of the molecule is Cc1ccc(CN(C(=O)CN(c2ccccc2)S(=O)(=O)c2ccc(F)cc2)C(Cc2ccccc2)C(=O)NC(C)(C)C)cc1. The molecule has 44 heavy (non-hydrogen) atoms. The second kappa shape index (κ2) is 13.9. The van der Waals surface area contributed by atoms with Gasteiger partial charge in [-0.3, -0.25) is 13.9 Å². The number of halogens is 1. The number of benzene rings is 4. The van der Waals surface area contributed by atoms with Gasteiger partial charge in [-0.05, 0) is 75.2 Å². The number of aryl methyl sites for hydroxylation is 1. The molecule has 0 spiro atoms. The summed E-state index contributed by atoms with van der Waals surface area (Å²) in [7, 11) is -4.29. The molecule has 0 saturated heterocycles. The van der Waals surface area contributed by atoms with Gasteiger partial charge in [0.25, 0.3) is 10.0 Å². The molecule has 0 aliphatic heterocycles. The van der Waals surface area contributed by atoms with Gasteiger partial charge in [0.1, 0.15) is 18.4 Å². The number of nitrogens with one attached hydrogen (secondary N) is 1. The average molecular weight is 616 g/mol. The molecule has 9 heteroatoms. The van der Waals surface area contributed by atoms with Gasteiger partial charge in [0, 0.05) is 18.5 Å². The molecule has 4 aromatic carbocycles. The van der Waals surface area contributed by atoms with Crippen LogP contribution in [0.1, 0.15) is 37.5 Å². The lowest BCUT2D eigenvalue weighted by atomic mass is 10.0. The van der Waals surface area contributed by atoms with Crippen LogP contribution in [-0.2, 0) is 32.6 Å². The molecular formula is C35H38FN3O4S. The van der Waals surface area contributed by atoms with E-state index in [-0.39, 0.29) is 29.5 Å². The Morgan fingerprint density at radius 1 is 0.795 bits per heavy atom. The number of nitrogens with zero attached hydrogens (tertiary/aromatic N) is 2. The van der Waals surface area contributed by atoms with Gasteiger partial charge in [-0.1, -0.05) is 78.4 Å². The van der Waals surface area contributed by atoms with E-state index in [1.54, 1.807) is 30.3 Å². The van der Waals surface area contributed by atoms with Gasteiger partial charge in [-0.25, -0.2) is 12.8 Å². The Balaban J connectivity index is 1.79. The molecule has 0 heterocycles. The minimum atomic E-state index is -4.29. The summed E-state index contributed by atoms with van der Waals surface area (Å²) in [5.74, 6) is -1.50. The summed E-state index contributed by atoms with van der Waals surface area (Å²) in [4.78, 5) is 29.6. The summed E-state index contributed by atoms with van der Waals surface area (Å²) < 4.78 is 42.6. The fourth-order valence-electron chi connectivity index (χ4n) is 4.75. The van der Waals surface area contributed by atoms with Gasteiger partial charge < -0.3 is 10.2 Å².